The molecule has 6 rings (SSSR count). The molecule has 0 unspecified atom stereocenters. The number of benzene rings is 6. The second-order valence-electron chi connectivity index (χ2n) is 11.4. The van der Waals surface area contributed by atoms with Gasteiger partial charge in [0.2, 0.25) is 0 Å². The molecule has 0 atom stereocenters. The molecule has 0 heterocycles. The van der Waals surface area contributed by atoms with Crippen LogP contribution in [0, 0.1) is 0 Å². The molecule has 0 fully saturated rings. The maximum Gasteiger partial charge on any atom is 0.121 e. The average Bonchev–Trinajstić information content (AvgIpc) is 3.15. The maximum atomic E-state index is 9.89. The molecule has 0 N–H and O–H groups in total. The molecular weight excluding hydrogens is 628 g/mol. The average molecular weight is 673 g/mol. The van der Waals surface area contributed by atoms with Gasteiger partial charge in [-0.15, -0.1) is 0 Å². The summed E-state index contributed by atoms with van der Waals surface area (Å²) in [5, 5.41) is 25.5. The summed E-state index contributed by atoms with van der Waals surface area (Å²) in [5.74, 6) is 0. The van der Waals surface area contributed by atoms with E-state index in [1.54, 1.807) is 0 Å². The van der Waals surface area contributed by atoms with E-state index in [9.17, 15) is 4.32 Å². The van der Waals surface area contributed by atoms with E-state index in [4.69, 9.17) is 10.0 Å². The van der Waals surface area contributed by atoms with Crippen molar-refractivity contribution in [2.75, 3.05) is 12.3 Å². The Labute approximate surface area is 288 Å². The molecule has 0 saturated heterocycles. The van der Waals surface area contributed by atoms with E-state index in [1.807, 2.05) is 0 Å². The molecule has 6 aromatic rings. The molecule has 0 aliphatic heterocycles. The van der Waals surface area contributed by atoms with E-state index < -0.39 is 21.9 Å². The van der Waals surface area contributed by atoms with Crippen LogP contribution in [-0.2, 0) is 0 Å². The SMILES string of the molecule is CCC[P+](c1ccccc1)(c1ccccc1)c1ccccc1.CCC[P+](c1ccccc1)(c1ccccc1)c1ccccc1.[O-]B([O-])F. The van der Waals surface area contributed by atoms with Crippen molar-refractivity contribution in [1.29, 1.82) is 0 Å². The van der Waals surface area contributed by atoms with E-state index in [1.165, 1.54) is 57.0 Å². The second kappa shape index (κ2) is 19.2. The van der Waals surface area contributed by atoms with Gasteiger partial charge in [-0.25, -0.2) is 0 Å². The van der Waals surface area contributed by atoms with E-state index in [0.717, 1.165) is 0 Å². The first-order valence-corrected chi connectivity index (χ1v) is 20.5. The first-order chi connectivity index (χ1) is 23.5. The second-order valence-corrected chi connectivity index (χ2v) is 18.6. The van der Waals surface area contributed by atoms with E-state index in [0.29, 0.717) is 0 Å². The molecule has 0 radical (unpaired) electrons. The molecule has 0 saturated carbocycles. The van der Waals surface area contributed by atoms with Gasteiger partial charge in [0, 0.05) is 0 Å². The molecule has 0 aliphatic rings. The third-order valence-electron chi connectivity index (χ3n) is 8.30. The van der Waals surface area contributed by atoms with Crippen molar-refractivity contribution >= 4 is 53.7 Å². The maximum absolute atomic E-state index is 9.89. The van der Waals surface area contributed by atoms with Crippen LogP contribution in [0.2, 0.25) is 0 Å². The summed E-state index contributed by atoms with van der Waals surface area (Å²) >= 11 is 0. The van der Waals surface area contributed by atoms with Gasteiger partial charge in [0.25, 0.3) is 0 Å². The van der Waals surface area contributed by atoms with Crippen molar-refractivity contribution in [3.05, 3.63) is 182 Å². The molecule has 0 spiro atoms. The van der Waals surface area contributed by atoms with Gasteiger partial charge in [0.15, 0.2) is 0 Å². The Morgan fingerprint density at radius 2 is 0.521 bits per heavy atom. The minimum absolute atomic E-state index is 1.19. The van der Waals surface area contributed by atoms with Crippen molar-refractivity contribution in [3.8, 4) is 0 Å². The monoisotopic (exact) mass is 672 g/mol. The van der Waals surface area contributed by atoms with E-state index >= 15 is 0 Å². The summed E-state index contributed by atoms with van der Waals surface area (Å²) in [5.41, 5.74) is 0. The van der Waals surface area contributed by atoms with Crippen molar-refractivity contribution in [1.82, 2.24) is 0 Å². The molecule has 6 aromatic carbocycles. The molecule has 244 valence electrons. The molecule has 0 amide bonds. The van der Waals surface area contributed by atoms with Gasteiger partial charge in [-0.05, 0) is 85.6 Å². The van der Waals surface area contributed by atoms with Crippen LogP contribution >= 0.6 is 14.5 Å². The lowest BCUT2D eigenvalue weighted by Crippen LogP contribution is -2.39. The Morgan fingerprint density at radius 1 is 0.375 bits per heavy atom. The summed E-state index contributed by atoms with van der Waals surface area (Å²) in [4.78, 5) is 0. The van der Waals surface area contributed by atoms with Crippen molar-refractivity contribution in [3.63, 3.8) is 0 Å². The highest BCUT2D eigenvalue weighted by Crippen LogP contribution is 2.56. The summed E-state index contributed by atoms with van der Waals surface area (Å²) in [7, 11) is -6.27. The smallest absolute Gasteiger partial charge is 0.121 e. The molecule has 0 aromatic heterocycles. The van der Waals surface area contributed by atoms with Crippen LogP contribution in [0.3, 0.4) is 0 Å². The Bertz CT molecular complexity index is 1390. The fraction of sp³-hybridized carbons (Fsp3) is 0.143. The lowest BCUT2D eigenvalue weighted by molar-refractivity contribution is -0.366. The molecule has 6 heteroatoms. The van der Waals surface area contributed by atoms with Crippen LogP contribution in [0.1, 0.15) is 26.7 Å². The summed E-state index contributed by atoms with van der Waals surface area (Å²) in [6.45, 7) is 4.59. The fourth-order valence-electron chi connectivity index (χ4n) is 6.43. The third-order valence-corrected chi connectivity index (χ3v) is 17.6. The zero-order chi connectivity index (χ0) is 34.1. The number of rotatable bonds is 10. The largest absolute Gasteiger partial charge is 0.867 e. The van der Waals surface area contributed by atoms with E-state index in [-0.39, 0.29) is 0 Å². The Kier molecular flexibility index (Phi) is 14.8. The minimum atomic E-state index is -3.17. The predicted molar refractivity (Wildman–Crippen MR) is 207 cm³/mol. The zero-order valence-electron chi connectivity index (χ0n) is 27.8. The topological polar surface area (TPSA) is 46.1 Å². The van der Waals surface area contributed by atoms with Crippen LogP contribution in [0.15, 0.2) is 182 Å². The van der Waals surface area contributed by atoms with Gasteiger partial charge in [0.05, 0.1) is 12.3 Å². The van der Waals surface area contributed by atoms with Crippen LogP contribution < -0.4 is 41.9 Å². The lowest BCUT2D eigenvalue weighted by atomic mass is 10.3. The van der Waals surface area contributed by atoms with Gasteiger partial charge >= 0.3 is 0 Å². The van der Waals surface area contributed by atoms with Crippen LogP contribution in [0.4, 0.5) is 4.32 Å². The van der Waals surface area contributed by atoms with E-state index in [2.05, 4.69) is 196 Å². The van der Waals surface area contributed by atoms with Gasteiger partial charge < -0.3 is 14.4 Å². The highest BCUT2D eigenvalue weighted by molar-refractivity contribution is 7.96. The highest BCUT2D eigenvalue weighted by Gasteiger charge is 2.45. The van der Waals surface area contributed by atoms with Crippen molar-refractivity contribution in [2.45, 2.75) is 26.7 Å². The summed E-state index contributed by atoms with van der Waals surface area (Å²) in [6, 6.07) is 66.4. The molecule has 0 bridgehead atoms. The van der Waals surface area contributed by atoms with Crippen LogP contribution in [-0.4, -0.2) is 19.7 Å². The predicted octanol–water partition coefficient (Wildman–Crippen LogP) is 6.44. The standard InChI is InChI=1S/2C21H22P.BFO2/c2*1-2-18-22(19-12-6-3-7-13-19,20-14-8-4-9-15-20)21-16-10-5-11-17-21;2-1(3)4/h2*3-17H,2,18H2,1H3;/q2*+1;-2. The van der Waals surface area contributed by atoms with Gasteiger partial charge in [0.1, 0.15) is 53.7 Å². The molecular formula is C42H44BFO2P2. The lowest BCUT2D eigenvalue weighted by Gasteiger charge is -2.27. The van der Waals surface area contributed by atoms with Crippen LogP contribution in [0.25, 0.3) is 0 Å². The molecule has 0 aliphatic carbocycles. The minimum Gasteiger partial charge on any atom is -0.867 e. The summed E-state index contributed by atoms with van der Waals surface area (Å²) < 4.78 is 9.89. The fourth-order valence-corrected chi connectivity index (χ4v) is 15.2. The first kappa shape index (κ1) is 36.9. The van der Waals surface area contributed by atoms with Crippen LogP contribution in [0.5, 0.6) is 0 Å². The Balaban J connectivity index is 0.000000195. The Hall–Kier alpha value is -3.91. The molecule has 48 heavy (non-hydrogen) atoms. The Morgan fingerprint density at radius 3 is 0.646 bits per heavy atom. The van der Waals surface area contributed by atoms with Gasteiger partial charge in [-0.3, -0.25) is 0 Å². The van der Waals surface area contributed by atoms with Gasteiger partial charge in [-0.2, -0.15) is 0 Å². The highest BCUT2D eigenvalue weighted by atomic mass is 31.2. The number of hydrogen-bond acceptors (Lipinski definition) is 2. The van der Waals surface area contributed by atoms with Crippen molar-refractivity contribution < 1.29 is 14.4 Å². The van der Waals surface area contributed by atoms with Gasteiger partial charge in [-0.1, -0.05) is 123 Å². The number of hydrogen-bond donors (Lipinski definition) is 0. The first-order valence-electron chi connectivity index (χ1n) is 16.5. The van der Waals surface area contributed by atoms with Crippen molar-refractivity contribution in [2.24, 2.45) is 0 Å². The normalized spacial score (nSPS) is 10.9. The quantitative estimate of drug-likeness (QED) is 0.124. The third kappa shape index (κ3) is 9.16. The molecule has 2 nitrogen and oxygen atoms in total. The summed E-state index contributed by atoms with van der Waals surface area (Å²) in [6.07, 6.45) is 4.80. The number of halogens is 1. The zero-order valence-corrected chi connectivity index (χ0v) is 29.6.